The summed E-state index contributed by atoms with van der Waals surface area (Å²) >= 11 is 0. The standard InChI is InChI=1S/C13H21N3O3/c14-11(17)8-15-10-7-12(18)16(13(10)19)9-5-3-1-2-4-6-9/h9-10,15H,1-8H2,(H2,14,17). The van der Waals surface area contributed by atoms with Gasteiger partial charge in [-0.1, -0.05) is 25.7 Å². The fraction of sp³-hybridized carbons (Fsp3) is 0.769. The van der Waals surface area contributed by atoms with Crippen molar-refractivity contribution in [3.05, 3.63) is 0 Å². The second-order valence-corrected chi connectivity index (χ2v) is 5.35. The Bertz CT molecular complexity index is 375. The number of primary amides is 1. The maximum atomic E-state index is 12.2. The highest BCUT2D eigenvalue weighted by Crippen LogP contribution is 2.26. The van der Waals surface area contributed by atoms with Crippen molar-refractivity contribution >= 4 is 17.7 Å². The van der Waals surface area contributed by atoms with Gasteiger partial charge >= 0.3 is 0 Å². The van der Waals surface area contributed by atoms with Gasteiger partial charge in [-0.25, -0.2) is 0 Å². The Kier molecular flexibility index (Phi) is 4.52. The van der Waals surface area contributed by atoms with Crippen molar-refractivity contribution in [1.29, 1.82) is 0 Å². The number of rotatable bonds is 4. The molecule has 2 rings (SSSR count). The molecule has 6 nitrogen and oxygen atoms in total. The first-order valence-electron chi connectivity index (χ1n) is 6.97. The summed E-state index contributed by atoms with van der Waals surface area (Å²) in [4.78, 5) is 36.4. The van der Waals surface area contributed by atoms with Crippen LogP contribution < -0.4 is 11.1 Å². The van der Waals surface area contributed by atoms with E-state index in [0.717, 1.165) is 25.7 Å². The van der Waals surface area contributed by atoms with Crippen molar-refractivity contribution in [1.82, 2.24) is 10.2 Å². The van der Waals surface area contributed by atoms with Gasteiger partial charge in [0.25, 0.3) is 0 Å². The monoisotopic (exact) mass is 267 g/mol. The molecule has 1 saturated carbocycles. The Balaban J connectivity index is 1.98. The lowest BCUT2D eigenvalue weighted by atomic mass is 10.1. The highest BCUT2D eigenvalue weighted by atomic mass is 16.2. The van der Waals surface area contributed by atoms with Crippen LogP contribution in [-0.4, -0.2) is 41.2 Å². The number of carbonyl (C=O) groups excluding carboxylic acids is 3. The number of nitrogens with two attached hydrogens (primary N) is 1. The zero-order chi connectivity index (χ0) is 13.8. The molecule has 0 aromatic carbocycles. The molecule has 2 aliphatic rings. The van der Waals surface area contributed by atoms with Crippen LogP contribution >= 0.6 is 0 Å². The summed E-state index contributed by atoms with van der Waals surface area (Å²) < 4.78 is 0. The smallest absolute Gasteiger partial charge is 0.247 e. The molecule has 0 aromatic rings. The van der Waals surface area contributed by atoms with Gasteiger partial charge in [0.05, 0.1) is 19.0 Å². The first-order valence-corrected chi connectivity index (χ1v) is 6.97. The number of amides is 3. The third kappa shape index (κ3) is 3.32. The summed E-state index contributed by atoms with van der Waals surface area (Å²) in [7, 11) is 0. The van der Waals surface area contributed by atoms with Crippen LogP contribution in [0.2, 0.25) is 0 Å². The second kappa shape index (κ2) is 6.14. The van der Waals surface area contributed by atoms with Crippen LogP contribution in [0.1, 0.15) is 44.9 Å². The minimum absolute atomic E-state index is 0.0443. The predicted octanol–water partition coefficient (Wildman–Crippen LogP) is -0.0884. The predicted molar refractivity (Wildman–Crippen MR) is 68.9 cm³/mol. The van der Waals surface area contributed by atoms with E-state index < -0.39 is 11.9 Å². The lowest BCUT2D eigenvalue weighted by molar-refractivity contribution is -0.141. The SMILES string of the molecule is NC(=O)CNC1CC(=O)N(C2CCCCCC2)C1=O. The first-order chi connectivity index (χ1) is 9.09. The van der Waals surface area contributed by atoms with E-state index in [9.17, 15) is 14.4 Å². The maximum Gasteiger partial charge on any atom is 0.247 e. The van der Waals surface area contributed by atoms with Gasteiger partial charge in [-0.2, -0.15) is 0 Å². The molecule has 0 radical (unpaired) electrons. The Hall–Kier alpha value is -1.43. The third-order valence-corrected chi connectivity index (χ3v) is 3.90. The van der Waals surface area contributed by atoms with Gasteiger partial charge in [0.15, 0.2) is 0 Å². The van der Waals surface area contributed by atoms with Crippen LogP contribution in [0.3, 0.4) is 0 Å². The highest BCUT2D eigenvalue weighted by Gasteiger charge is 2.41. The van der Waals surface area contributed by atoms with Crippen LogP contribution in [0.5, 0.6) is 0 Å². The van der Waals surface area contributed by atoms with Gasteiger partial charge < -0.3 is 5.73 Å². The lowest BCUT2D eigenvalue weighted by Crippen LogP contribution is -2.45. The number of hydrogen-bond donors (Lipinski definition) is 2. The lowest BCUT2D eigenvalue weighted by Gasteiger charge is -2.25. The Morgan fingerprint density at radius 1 is 1.21 bits per heavy atom. The number of nitrogens with one attached hydrogen (secondary N) is 1. The second-order valence-electron chi connectivity index (χ2n) is 5.35. The number of carbonyl (C=O) groups is 3. The molecule has 1 saturated heterocycles. The molecular weight excluding hydrogens is 246 g/mol. The largest absolute Gasteiger partial charge is 0.369 e. The molecular formula is C13H21N3O3. The summed E-state index contributed by atoms with van der Waals surface area (Å²) in [6.07, 6.45) is 6.44. The molecule has 2 fully saturated rings. The first kappa shape index (κ1) is 14.0. The molecule has 0 spiro atoms. The van der Waals surface area contributed by atoms with Crippen molar-refractivity contribution in [3.8, 4) is 0 Å². The maximum absolute atomic E-state index is 12.2. The van der Waals surface area contributed by atoms with E-state index in [1.807, 2.05) is 0 Å². The molecule has 1 aliphatic carbocycles. The van der Waals surface area contributed by atoms with E-state index in [1.54, 1.807) is 0 Å². The van der Waals surface area contributed by atoms with Crippen LogP contribution in [0.4, 0.5) is 0 Å². The van der Waals surface area contributed by atoms with E-state index >= 15 is 0 Å². The molecule has 1 unspecified atom stereocenters. The molecule has 1 heterocycles. The summed E-state index contributed by atoms with van der Waals surface area (Å²) in [5, 5.41) is 2.76. The Morgan fingerprint density at radius 3 is 2.42 bits per heavy atom. The van der Waals surface area contributed by atoms with Crippen molar-refractivity contribution in [2.45, 2.75) is 57.0 Å². The summed E-state index contributed by atoms with van der Waals surface area (Å²) in [6.45, 7) is -0.0673. The van der Waals surface area contributed by atoms with Crippen molar-refractivity contribution in [3.63, 3.8) is 0 Å². The molecule has 1 aliphatic heterocycles. The van der Waals surface area contributed by atoms with E-state index in [2.05, 4.69) is 5.32 Å². The van der Waals surface area contributed by atoms with E-state index in [4.69, 9.17) is 5.73 Å². The van der Waals surface area contributed by atoms with Crippen LogP contribution in [0.25, 0.3) is 0 Å². The van der Waals surface area contributed by atoms with Crippen LogP contribution in [0, 0.1) is 0 Å². The summed E-state index contributed by atoms with van der Waals surface area (Å²) in [5.41, 5.74) is 5.04. The van der Waals surface area contributed by atoms with Crippen molar-refractivity contribution < 1.29 is 14.4 Å². The van der Waals surface area contributed by atoms with Gasteiger partial charge in [-0.3, -0.25) is 24.6 Å². The minimum atomic E-state index is -0.580. The van der Waals surface area contributed by atoms with E-state index in [0.29, 0.717) is 0 Å². The van der Waals surface area contributed by atoms with Crippen molar-refractivity contribution in [2.24, 2.45) is 5.73 Å². The highest BCUT2D eigenvalue weighted by molar-refractivity contribution is 6.06. The average molecular weight is 267 g/mol. The number of likely N-dealkylation sites (tertiary alicyclic amines) is 1. The van der Waals surface area contributed by atoms with Gasteiger partial charge in [0.1, 0.15) is 0 Å². The van der Waals surface area contributed by atoms with Crippen LogP contribution in [0.15, 0.2) is 0 Å². The number of hydrogen-bond acceptors (Lipinski definition) is 4. The summed E-state index contributed by atoms with van der Waals surface area (Å²) in [5.74, 6) is -0.842. The zero-order valence-electron chi connectivity index (χ0n) is 11.1. The molecule has 1 atom stereocenters. The molecule has 3 N–H and O–H groups in total. The van der Waals surface area contributed by atoms with Gasteiger partial charge in [0, 0.05) is 6.04 Å². The average Bonchev–Trinajstić information content (AvgIpc) is 2.58. The molecule has 3 amide bonds. The summed E-state index contributed by atoms with van der Waals surface area (Å²) in [6, 6.07) is -0.536. The normalized spacial score (nSPS) is 25.7. The fourth-order valence-corrected chi connectivity index (χ4v) is 2.93. The molecule has 0 bridgehead atoms. The third-order valence-electron chi connectivity index (χ3n) is 3.90. The van der Waals surface area contributed by atoms with Crippen LogP contribution in [-0.2, 0) is 14.4 Å². The molecule has 0 aromatic heterocycles. The van der Waals surface area contributed by atoms with E-state index in [1.165, 1.54) is 17.7 Å². The number of nitrogens with zero attached hydrogens (tertiary/aromatic N) is 1. The topological polar surface area (TPSA) is 92.5 Å². The minimum Gasteiger partial charge on any atom is -0.369 e. The number of imide groups is 1. The van der Waals surface area contributed by atoms with Gasteiger partial charge in [-0.05, 0) is 12.8 Å². The molecule has 6 heteroatoms. The van der Waals surface area contributed by atoms with E-state index in [-0.39, 0.29) is 30.8 Å². The molecule has 106 valence electrons. The van der Waals surface area contributed by atoms with Gasteiger partial charge in [0.2, 0.25) is 17.7 Å². The van der Waals surface area contributed by atoms with Crippen molar-refractivity contribution in [2.75, 3.05) is 6.54 Å². The Labute approximate surface area is 112 Å². The zero-order valence-corrected chi connectivity index (χ0v) is 11.1. The Morgan fingerprint density at radius 2 is 1.84 bits per heavy atom. The molecule has 19 heavy (non-hydrogen) atoms. The quantitative estimate of drug-likeness (QED) is 0.550. The van der Waals surface area contributed by atoms with Gasteiger partial charge in [-0.15, -0.1) is 0 Å². The fourth-order valence-electron chi connectivity index (χ4n) is 2.93.